The molecule has 7 nitrogen and oxygen atoms in total. The molecule has 31 heavy (non-hydrogen) atoms. The average Bonchev–Trinajstić information content (AvgIpc) is 2.84. The monoisotopic (exact) mass is 412 g/mol. The minimum Gasteiger partial charge on any atom is -0.368 e. The molecule has 7 heteroatoms. The van der Waals surface area contributed by atoms with Crippen molar-refractivity contribution < 1.29 is 4.74 Å². The Labute approximate surface area is 182 Å². The fourth-order valence-electron chi connectivity index (χ4n) is 4.36. The number of nitrogens with zero attached hydrogens (tertiary/aromatic N) is 6. The number of fused-ring (bicyclic) bond motifs is 1. The summed E-state index contributed by atoms with van der Waals surface area (Å²) in [6.07, 6.45) is 6.30. The van der Waals surface area contributed by atoms with E-state index in [1.165, 1.54) is 5.56 Å². The molecule has 0 radical (unpaired) electrons. The molecule has 2 aliphatic rings. The summed E-state index contributed by atoms with van der Waals surface area (Å²) in [5.41, 5.74) is 6.09. The van der Waals surface area contributed by atoms with Crippen LogP contribution in [-0.2, 0) is 17.7 Å². The fraction of sp³-hybridized carbons (Fsp3) is 0.333. The number of morpholine rings is 1. The highest BCUT2D eigenvalue weighted by Gasteiger charge is 2.25. The summed E-state index contributed by atoms with van der Waals surface area (Å²) in [6.45, 7) is 5.92. The minimum absolute atomic E-state index is 0.0343. The highest BCUT2D eigenvalue weighted by molar-refractivity contribution is 5.54. The Morgan fingerprint density at radius 1 is 1.10 bits per heavy atom. The number of hydrogen-bond acceptors (Lipinski definition) is 7. The molecule has 0 aromatic carbocycles. The van der Waals surface area contributed by atoms with Crippen molar-refractivity contribution in [2.45, 2.75) is 26.0 Å². The summed E-state index contributed by atoms with van der Waals surface area (Å²) < 4.78 is 5.97. The summed E-state index contributed by atoms with van der Waals surface area (Å²) in [4.78, 5) is 18.4. The maximum atomic E-state index is 9.11. The number of aromatic nitrogens is 3. The van der Waals surface area contributed by atoms with Crippen molar-refractivity contribution >= 4 is 11.5 Å². The number of hydrogen-bond donors (Lipinski definition) is 0. The number of rotatable bonds is 3. The van der Waals surface area contributed by atoms with E-state index in [0.29, 0.717) is 12.2 Å². The third-order valence-corrected chi connectivity index (χ3v) is 5.95. The summed E-state index contributed by atoms with van der Waals surface area (Å²) in [5.74, 6) is 0.941. The summed E-state index contributed by atoms with van der Waals surface area (Å²) in [5, 5.41) is 9.11. The number of anilines is 2. The zero-order valence-electron chi connectivity index (χ0n) is 17.5. The van der Waals surface area contributed by atoms with Gasteiger partial charge in [0, 0.05) is 44.1 Å². The third-order valence-electron chi connectivity index (χ3n) is 5.95. The molecule has 5 heterocycles. The first-order chi connectivity index (χ1) is 15.2. The van der Waals surface area contributed by atoms with Gasteiger partial charge in [0.25, 0.3) is 0 Å². The SMILES string of the molecule is Cc1cc(C#N)cnc1N1CCc2ncc(N3CCOC(c4ccccn4)C3)cc2C1. The van der Waals surface area contributed by atoms with Gasteiger partial charge in [-0.05, 0) is 42.3 Å². The summed E-state index contributed by atoms with van der Waals surface area (Å²) in [6, 6.07) is 12.3. The van der Waals surface area contributed by atoms with E-state index in [2.05, 4.69) is 31.9 Å². The van der Waals surface area contributed by atoms with Gasteiger partial charge in [-0.1, -0.05) is 6.07 Å². The van der Waals surface area contributed by atoms with Gasteiger partial charge in [-0.15, -0.1) is 0 Å². The first-order valence-electron chi connectivity index (χ1n) is 10.6. The molecule has 0 bridgehead atoms. The van der Waals surface area contributed by atoms with E-state index < -0.39 is 0 Å². The average molecular weight is 412 g/mol. The molecule has 1 atom stereocenters. The van der Waals surface area contributed by atoms with Crippen molar-refractivity contribution in [2.75, 3.05) is 36.0 Å². The molecule has 0 spiro atoms. The van der Waals surface area contributed by atoms with Crippen LogP contribution >= 0.6 is 0 Å². The van der Waals surface area contributed by atoms with Crippen molar-refractivity contribution in [2.24, 2.45) is 0 Å². The van der Waals surface area contributed by atoms with Gasteiger partial charge in [0.1, 0.15) is 18.0 Å². The van der Waals surface area contributed by atoms with Crippen LogP contribution in [-0.4, -0.2) is 41.2 Å². The van der Waals surface area contributed by atoms with Gasteiger partial charge < -0.3 is 14.5 Å². The highest BCUT2D eigenvalue weighted by Crippen LogP contribution is 2.29. The van der Waals surface area contributed by atoms with Gasteiger partial charge in [-0.25, -0.2) is 4.98 Å². The van der Waals surface area contributed by atoms with Crippen molar-refractivity contribution in [3.8, 4) is 6.07 Å². The molecule has 0 aliphatic carbocycles. The molecule has 1 unspecified atom stereocenters. The predicted molar refractivity (Wildman–Crippen MR) is 118 cm³/mol. The van der Waals surface area contributed by atoms with Crippen LogP contribution in [0.15, 0.2) is 48.9 Å². The second-order valence-corrected chi connectivity index (χ2v) is 8.01. The lowest BCUT2D eigenvalue weighted by molar-refractivity contribution is 0.0370. The molecule has 2 aliphatic heterocycles. The van der Waals surface area contributed by atoms with E-state index in [9.17, 15) is 0 Å². The maximum absolute atomic E-state index is 9.11. The van der Waals surface area contributed by atoms with E-state index in [1.54, 1.807) is 6.20 Å². The molecule has 0 N–H and O–H groups in total. The number of pyridine rings is 3. The predicted octanol–water partition coefficient (Wildman–Crippen LogP) is 3.19. The van der Waals surface area contributed by atoms with E-state index in [0.717, 1.165) is 61.1 Å². The van der Waals surface area contributed by atoms with Gasteiger partial charge in [-0.2, -0.15) is 5.26 Å². The smallest absolute Gasteiger partial charge is 0.131 e. The van der Waals surface area contributed by atoms with Crippen LogP contribution in [0.3, 0.4) is 0 Å². The van der Waals surface area contributed by atoms with E-state index in [4.69, 9.17) is 15.0 Å². The Morgan fingerprint density at radius 3 is 2.84 bits per heavy atom. The van der Waals surface area contributed by atoms with Crippen molar-refractivity contribution in [1.82, 2.24) is 15.0 Å². The molecule has 0 amide bonds. The number of aryl methyl sites for hydroxylation is 1. The lowest BCUT2D eigenvalue weighted by atomic mass is 10.0. The Bertz CT molecular complexity index is 1130. The van der Waals surface area contributed by atoms with Crippen molar-refractivity contribution in [3.05, 3.63) is 77.0 Å². The number of ether oxygens (including phenoxy) is 1. The second-order valence-electron chi connectivity index (χ2n) is 8.01. The normalized spacial score (nSPS) is 18.4. The molecule has 5 rings (SSSR count). The molecule has 156 valence electrons. The third kappa shape index (κ3) is 3.94. The molecule has 1 fully saturated rings. The molecular weight excluding hydrogens is 388 g/mol. The second kappa shape index (κ2) is 8.32. The van der Waals surface area contributed by atoms with Crippen LogP contribution in [0.1, 0.15) is 34.2 Å². The maximum Gasteiger partial charge on any atom is 0.131 e. The molecule has 3 aromatic heterocycles. The van der Waals surface area contributed by atoms with Crippen LogP contribution in [0.2, 0.25) is 0 Å². The topological polar surface area (TPSA) is 78.2 Å². The van der Waals surface area contributed by atoms with E-state index >= 15 is 0 Å². The van der Waals surface area contributed by atoms with Crippen molar-refractivity contribution in [1.29, 1.82) is 5.26 Å². The zero-order valence-corrected chi connectivity index (χ0v) is 17.5. The lowest BCUT2D eigenvalue weighted by Crippen LogP contribution is -2.39. The quantitative estimate of drug-likeness (QED) is 0.654. The van der Waals surface area contributed by atoms with Crippen LogP contribution in [0, 0.1) is 18.3 Å². The Hall–Kier alpha value is -3.50. The van der Waals surface area contributed by atoms with Crippen LogP contribution < -0.4 is 9.80 Å². The van der Waals surface area contributed by atoms with E-state index in [-0.39, 0.29) is 6.10 Å². The number of nitriles is 1. The first kappa shape index (κ1) is 19.5. The van der Waals surface area contributed by atoms with Crippen LogP contribution in [0.25, 0.3) is 0 Å². The van der Waals surface area contributed by atoms with Gasteiger partial charge in [0.05, 0.1) is 36.3 Å². The summed E-state index contributed by atoms with van der Waals surface area (Å²) >= 11 is 0. The Morgan fingerprint density at radius 2 is 2.03 bits per heavy atom. The minimum atomic E-state index is -0.0343. The van der Waals surface area contributed by atoms with E-state index in [1.807, 2.05) is 43.6 Å². The first-order valence-corrected chi connectivity index (χ1v) is 10.6. The Balaban J connectivity index is 1.36. The highest BCUT2D eigenvalue weighted by atomic mass is 16.5. The van der Waals surface area contributed by atoms with Crippen molar-refractivity contribution in [3.63, 3.8) is 0 Å². The molecule has 0 saturated carbocycles. The zero-order chi connectivity index (χ0) is 21.2. The molecule has 3 aromatic rings. The van der Waals surface area contributed by atoms with Gasteiger partial charge in [0.2, 0.25) is 0 Å². The largest absolute Gasteiger partial charge is 0.368 e. The van der Waals surface area contributed by atoms with Crippen LogP contribution in [0.5, 0.6) is 0 Å². The van der Waals surface area contributed by atoms with Gasteiger partial charge in [-0.3, -0.25) is 9.97 Å². The standard InChI is InChI=1S/C24H24N6O/c1-17-10-18(12-25)13-28-24(17)30-7-5-21-19(15-30)11-20(14-27-21)29-8-9-31-23(16-29)22-4-2-3-6-26-22/h2-4,6,10-11,13-14,23H,5,7-9,15-16H2,1H3. The van der Waals surface area contributed by atoms with Gasteiger partial charge >= 0.3 is 0 Å². The Kier molecular flexibility index (Phi) is 5.23. The molecular formula is C24H24N6O. The lowest BCUT2D eigenvalue weighted by Gasteiger charge is -2.35. The van der Waals surface area contributed by atoms with Crippen LogP contribution in [0.4, 0.5) is 11.5 Å². The van der Waals surface area contributed by atoms with Gasteiger partial charge in [0.15, 0.2) is 0 Å². The molecule has 1 saturated heterocycles. The fourth-order valence-corrected chi connectivity index (χ4v) is 4.36. The summed E-state index contributed by atoms with van der Waals surface area (Å²) in [7, 11) is 0.